The number of hydrogen-bond donors (Lipinski definition) is 0. The van der Waals surface area contributed by atoms with Crippen LogP contribution in [0.2, 0.25) is 0 Å². The largest absolute Gasteiger partial charge is 0.0622 e. The molecule has 32 heavy (non-hydrogen) atoms. The average Bonchev–Trinajstić information content (AvgIpc) is 2.86. The van der Waals surface area contributed by atoms with Gasteiger partial charge in [-0.05, 0) is 81.3 Å². The molecule has 0 heterocycles. The SMILES string of the molecule is Cc1cc(-c2ccc(-c3cc(-c4ccccc4)cc(-c4ccccc4)c3)cc2)ccc1Br. The molecule has 1 heteroatoms. The number of benzene rings is 5. The van der Waals surface area contributed by atoms with Gasteiger partial charge in [0.05, 0.1) is 0 Å². The fourth-order valence-corrected chi connectivity index (χ4v) is 4.31. The Morgan fingerprint density at radius 1 is 0.375 bits per heavy atom. The minimum Gasteiger partial charge on any atom is -0.0622 e. The first-order chi connectivity index (χ1) is 15.7. The van der Waals surface area contributed by atoms with Gasteiger partial charge in [-0.2, -0.15) is 0 Å². The maximum absolute atomic E-state index is 3.60. The number of aryl methyl sites for hydroxylation is 1. The highest BCUT2D eigenvalue weighted by Crippen LogP contribution is 2.34. The zero-order valence-corrected chi connectivity index (χ0v) is 19.5. The van der Waals surface area contributed by atoms with E-state index in [0.717, 1.165) is 4.47 Å². The van der Waals surface area contributed by atoms with Crippen molar-refractivity contribution in [2.24, 2.45) is 0 Å². The summed E-state index contributed by atoms with van der Waals surface area (Å²) in [4.78, 5) is 0. The molecule has 0 spiro atoms. The van der Waals surface area contributed by atoms with Crippen LogP contribution in [0.15, 0.2) is 126 Å². The highest BCUT2D eigenvalue weighted by Gasteiger charge is 2.08. The standard InChI is InChI=1S/C31H23Br/c1-22-18-27(16-17-31(22)32)25-12-14-26(15-13-25)30-20-28(23-8-4-2-5-9-23)19-29(21-30)24-10-6-3-7-11-24/h2-21H,1H3. The Morgan fingerprint density at radius 2 is 0.750 bits per heavy atom. The lowest BCUT2D eigenvalue weighted by Crippen LogP contribution is -1.87. The fraction of sp³-hybridized carbons (Fsp3) is 0.0323. The quantitative estimate of drug-likeness (QED) is 0.243. The van der Waals surface area contributed by atoms with Gasteiger partial charge in [-0.3, -0.25) is 0 Å². The van der Waals surface area contributed by atoms with E-state index in [1.165, 1.54) is 50.1 Å². The lowest BCUT2D eigenvalue weighted by Gasteiger charge is -2.12. The maximum Gasteiger partial charge on any atom is 0.0204 e. The van der Waals surface area contributed by atoms with Crippen molar-refractivity contribution >= 4 is 15.9 Å². The molecule has 0 aliphatic heterocycles. The van der Waals surface area contributed by atoms with Crippen molar-refractivity contribution in [1.29, 1.82) is 0 Å². The van der Waals surface area contributed by atoms with Crippen molar-refractivity contribution in [3.8, 4) is 44.5 Å². The molecule has 5 aromatic carbocycles. The Kier molecular flexibility index (Phi) is 5.75. The summed E-state index contributed by atoms with van der Waals surface area (Å²) >= 11 is 3.60. The van der Waals surface area contributed by atoms with Crippen LogP contribution in [0.5, 0.6) is 0 Å². The molecule has 5 rings (SSSR count). The molecular weight excluding hydrogens is 452 g/mol. The van der Waals surface area contributed by atoms with Crippen LogP contribution in [-0.4, -0.2) is 0 Å². The van der Waals surface area contributed by atoms with Gasteiger partial charge in [0, 0.05) is 4.47 Å². The summed E-state index contributed by atoms with van der Waals surface area (Å²) in [5.74, 6) is 0. The van der Waals surface area contributed by atoms with Crippen LogP contribution in [0.25, 0.3) is 44.5 Å². The number of hydrogen-bond acceptors (Lipinski definition) is 0. The third-order valence-electron chi connectivity index (χ3n) is 5.86. The highest BCUT2D eigenvalue weighted by molar-refractivity contribution is 9.10. The topological polar surface area (TPSA) is 0 Å². The van der Waals surface area contributed by atoms with E-state index < -0.39 is 0 Å². The maximum atomic E-state index is 3.60. The van der Waals surface area contributed by atoms with Gasteiger partial charge in [0.1, 0.15) is 0 Å². The van der Waals surface area contributed by atoms with Crippen molar-refractivity contribution in [1.82, 2.24) is 0 Å². The molecule has 0 atom stereocenters. The molecule has 0 saturated carbocycles. The van der Waals surface area contributed by atoms with Gasteiger partial charge in [0.25, 0.3) is 0 Å². The summed E-state index contributed by atoms with van der Waals surface area (Å²) in [6, 6.07) is 43.5. The molecule has 0 amide bonds. The summed E-state index contributed by atoms with van der Waals surface area (Å²) in [6.45, 7) is 2.13. The predicted octanol–water partition coefficient (Wildman–Crippen LogP) is 9.43. The zero-order valence-electron chi connectivity index (χ0n) is 17.9. The van der Waals surface area contributed by atoms with Gasteiger partial charge in [-0.1, -0.05) is 113 Å². The van der Waals surface area contributed by atoms with Crippen molar-refractivity contribution in [2.75, 3.05) is 0 Å². The molecule has 0 saturated heterocycles. The summed E-state index contributed by atoms with van der Waals surface area (Å²) in [7, 11) is 0. The molecule has 0 bridgehead atoms. The summed E-state index contributed by atoms with van der Waals surface area (Å²) < 4.78 is 1.14. The molecule has 0 aromatic heterocycles. The van der Waals surface area contributed by atoms with E-state index in [2.05, 4.69) is 144 Å². The Bertz CT molecular complexity index is 1290. The van der Waals surface area contributed by atoms with E-state index in [-0.39, 0.29) is 0 Å². The van der Waals surface area contributed by atoms with E-state index in [0.29, 0.717) is 0 Å². The van der Waals surface area contributed by atoms with Crippen LogP contribution >= 0.6 is 15.9 Å². The average molecular weight is 475 g/mol. The van der Waals surface area contributed by atoms with E-state index in [1.807, 2.05) is 0 Å². The van der Waals surface area contributed by atoms with E-state index in [4.69, 9.17) is 0 Å². The minimum atomic E-state index is 1.14. The van der Waals surface area contributed by atoms with Crippen molar-refractivity contribution < 1.29 is 0 Å². The van der Waals surface area contributed by atoms with Gasteiger partial charge >= 0.3 is 0 Å². The molecule has 5 aromatic rings. The Balaban J connectivity index is 1.58. The van der Waals surface area contributed by atoms with E-state index in [1.54, 1.807) is 0 Å². The summed E-state index contributed by atoms with van der Waals surface area (Å²) in [5.41, 5.74) is 11.1. The van der Waals surface area contributed by atoms with Crippen molar-refractivity contribution in [3.05, 3.63) is 131 Å². The Morgan fingerprint density at radius 3 is 1.19 bits per heavy atom. The normalized spacial score (nSPS) is 10.8. The van der Waals surface area contributed by atoms with Crippen LogP contribution in [0.3, 0.4) is 0 Å². The third-order valence-corrected chi connectivity index (χ3v) is 6.75. The van der Waals surface area contributed by atoms with Crippen molar-refractivity contribution in [3.63, 3.8) is 0 Å². The first kappa shape index (κ1) is 20.5. The van der Waals surface area contributed by atoms with Gasteiger partial charge in [-0.25, -0.2) is 0 Å². The Hall–Kier alpha value is -3.42. The van der Waals surface area contributed by atoms with Gasteiger partial charge in [-0.15, -0.1) is 0 Å². The fourth-order valence-electron chi connectivity index (χ4n) is 4.07. The van der Waals surface area contributed by atoms with Crippen LogP contribution < -0.4 is 0 Å². The van der Waals surface area contributed by atoms with Crippen LogP contribution in [-0.2, 0) is 0 Å². The van der Waals surface area contributed by atoms with E-state index >= 15 is 0 Å². The molecule has 0 aliphatic carbocycles. The van der Waals surface area contributed by atoms with Gasteiger partial charge < -0.3 is 0 Å². The van der Waals surface area contributed by atoms with Crippen molar-refractivity contribution in [2.45, 2.75) is 6.92 Å². The minimum absolute atomic E-state index is 1.14. The van der Waals surface area contributed by atoms with Crippen LogP contribution in [0, 0.1) is 6.92 Å². The lowest BCUT2D eigenvalue weighted by atomic mass is 9.92. The number of halogens is 1. The number of rotatable bonds is 4. The molecule has 0 aliphatic rings. The predicted molar refractivity (Wildman–Crippen MR) is 141 cm³/mol. The second-order valence-corrected chi connectivity index (χ2v) is 8.93. The van der Waals surface area contributed by atoms with Gasteiger partial charge in [0.2, 0.25) is 0 Å². The molecular formula is C31H23Br. The lowest BCUT2D eigenvalue weighted by molar-refractivity contribution is 1.43. The Labute approximate surface area is 198 Å². The molecule has 0 fully saturated rings. The van der Waals surface area contributed by atoms with Crippen LogP contribution in [0.4, 0.5) is 0 Å². The summed E-state index contributed by atoms with van der Waals surface area (Å²) in [6.07, 6.45) is 0. The highest BCUT2D eigenvalue weighted by atomic mass is 79.9. The first-order valence-corrected chi connectivity index (χ1v) is 11.6. The first-order valence-electron chi connectivity index (χ1n) is 10.8. The molecule has 0 unspecified atom stereocenters. The molecule has 0 N–H and O–H groups in total. The smallest absolute Gasteiger partial charge is 0.0204 e. The molecule has 154 valence electrons. The zero-order chi connectivity index (χ0) is 21.9. The van der Waals surface area contributed by atoms with E-state index in [9.17, 15) is 0 Å². The monoisotopic (exact) mass is 474 g/mol. The van der Waals surface area contributed by atoms with Crippen LogP contribution in [0.1, 0.15) is 5.56 Å². The second-order valence-electron chi connectivity index (χ2n) is 8.07. The van der Waals surface area contributed by atoms with Gasteiger partial charge in [0.15, 0.2) is 0 Å². The molecule has 0 radical (unpaired) electrons. The second kappa shape index (κ2) is 8.98. The third kappa shape index (κ3) is 4.30. The summed E-state index contributed by atoms with van der Waals surface area (Å²) in [5, 5.41) is 0. The molecule has 0 nitrogen and oxygen atoms in total.